The number of benzene rings is 2. The Morgan fingerprint density at radius 3 is 2.72 bits per heavy atom. The summed E-state index contributed by atoms with van der Waals surface area (Å²) in [6, 6.07) is 14.7. The number of carbonyl (C=O) groups is 1. The number of hydrogen-bond donors (Lipinski definition) is 2. The van der Waals surface area contributed by atoms with Crippen LogP contribution in [0.3, 0.4) is 0 Å². The number of ether oxygens (including phenoxy) is 1. The fourth-order valence-corrected chi connectivity index (χ4v) is 2.41. The first kappa shape index (κ1) is 16.7. The lowest BCUT2D eigenvalue weighted by molar-refractivity contribution is -0.123. The van der Waals surface area contributed by atoms with Gasteiger partial charge in [0.1, 0.15) is 11.6 Å². The average Bonchev–Trinajstić information content (AvgIpc) is 2.61. The lowest BCUT2D eigenvalue weighted by Crippen LogP contribution is -2.31. The summed E-state index contributed by atoms with van der Waals surface area (Å²) < 4.78 is 5.42. The van der Waals surface area contributed by atoms with Crippen molar-refractivity contribution >= 4 is 16.8 Å². The minimum atomic E-state index is -0.219. The van der Waals surface area contributed by atoms with Crippen molar-refractivity contribution < 1.29 is 9.53 Å². The first-order valence-corrected chi connectivity index (χ1v) is 8.06. The summed E-state index contributed by atoms with van der Waals surface area (Å²) in [6.07, 6.45) is 0.441. The number of aromatic nitrogens is 2. The molecule has 0 spiro atoms. The average molecular weight is 337 g/mol. The maximum absolute atomic E-state index is 12.0. The van der Waals surface area contributed by atoms with Crippen LogP contribution in [0.2, 0.25) is 0 Å². The smallest absolute Gasteiger partial charge is 0.258 e. The maximum Gasteiger partial charge on any atom is 0.258 e. The van der Waals surface area contributed by atoms with Crippen molar-refractivity contribution in [1.29, 1.82) is 0 Å². The molecule has 0 radical (unpaired) electrons. The normalized spacial score (nSPS) is 10.6. The van der Waals surface area contributed by atoms with Gasteiger partial charge in [-0.25, -0.2) is 4.98 Å². The van der Waals surface area contributed by atoms with Gasteiger partial charge in [0.15, 0.2) is 6.61 Å². The van der Waals surface area contributed by atoms with Crippen LogP contribution in [0.1, 0.15) is 11.4 Å². The Balaban J connectivity index is 1.50. The van der Waals surface area contributed by atoms with Gasteiger partial charge in [-0.1, -0.05) is 29.8 Å². The number of rotatable bonds is 6. The molecule has 0 saturated carbocycles. The molecule has 6 nitrogen and oxygen atoms in total. The van der Waals surface area contributed by atoms with E-state index in [-0.39, 0.29) is 18.1 Å². The molecule has 2 N–H and O–H groups in total. The van der Waals surface area contributed by atoms with Crippen LogP contribution in [0.5, 0.6) is 5.75 Å². The minimum Gasteiger partial charge on any atom is -0.484 e. The summed E-state index contributed by atoms with van der Waals surface area (Å²) in [6.45, 7) is 2.31. The number of aromatic amines is 1. The number of nitrogens with one attached hydrogen (secondary N) is 2. The van der Waals surface area contributed by atoms with Crippen molar-refractivity contribution in [2.45, 2.75) is 13.3 Å². The standard InChI is InChI=1S/C19H19N3O3/c1-13-6-8-14(9-7-13)25-12-18(23)20-11-10-17-21-16-5-3-2-4-15(16)19(24)22-17/h2-9H,10-12H2,1H3,(H,20,23)(H,21,22,24). The highest BCUT2D eigenvalue weighted by Crippen LogP contribution is 2.11. The molecule has 2 aromatic carbocycles. The van der Waals surface area contributed by atoms with E-state index in [1.807, 2.05) is 37.3 Å². The number of amides is 1. The van der Waals surface area contributed by atoms with Crippen molar-refractivity contribution in [2.75, 3.05) is 13.2 Å². The Bertz CT molecular complexity index is 933. The van der Waals surface area contributed by atoms with Gasteiger partial charge in [0, 0.05) is 13.0 Å². The Labute approximate surface area is 144 Å². The van der Waals surface area contributed by atoms with E-state index in [0.29, 0.717) is 35.4 Å². The molecule has 0 aliphatic heterocycles. The molecule has 1 amide bonds. The predicted molar refractivity (Wildman–Crippen MR) is 95.8 cm³/mol. The molecule has 0 atom stereocenters. The highest BCUT2D eigenvalue weighted by molar-refractivity contribution is 5.78. The van der Waals surface area contributed by atoms with E-state index in [1.165, 1.54) is 0 Å². The highest BCUT2D eigenvalue weighted by Gasteiger charge is 2.05. The van der Waals surface area contributed by atoms with Crippen LogP contribution in [0.15, 0.2) is 53.3 Å². The Morgan fingerprint density at radius 2 is 1.92 bits per heavy atom. The summed E-state index contributed by atoms with van der Waals surface area (Å²) in [5.74, 6) is 0.980. The summed E-state index contributed by atoms with van der Waals surface area (Å²) >= 11 is 0. The van der Waals surface area contributed by atoms with Crippen molar-refractivity contribution in [3.05, 3.63) is 70.3 Å². The summed E-state index contributed by atoms with van der Waals surface area (Å²) in [5, 5.41) is 3.31. The molecular formula is C19H19N3O3. The molecule has 0 bridgehead atoms. The first-order chi connectivity index (χ1) is 12.1. The van der Waals surface area contributed by atoms with E-state index in [1.54, 1.807) is 18.2 Å². The van der Waals surface area contributed by atoms with Gasteiger partial charge < -0.3 is 15.0 Å². The van der Waals surface area contributed by atoms with Crippen LogP contribution in [-0.2, 0) is 11.2 Å². The topological polar surface area (TPSA) is 84.1 Å². The minimum absolute atomic E-state index is 0.0509. The molecule has 0 aliphatic carbocycles. The Morgan fingerprint density at radius 1 is 1.16 bits per heavy atom. The molecular weight excluding hydrogens is 318 g/mol. The Hall–Kier alpha value is -3.15. The molecule has 0 unspecified atom stereocenters. The third-order valence-electron chi connectivity index (χ3n) is 3.74. The van der Waals surface area contributed by atoms with Crippen molar-refractivity contribution in [1.82, 2.24) is 15.3 Å². The number of fused-ring (bicyclic) bond motifs is 1. The van der Waals surface area contributed by atoms with Crippen molar-refractivity contribution in [3.8, 4) is 5.75 Å². The van der Waals surface area contributed by atoms with Crippen molar-refractivity contribution in [2.24, 2.45) is 0 Å². The molecule has 3 aromatic rings. The Kier molecular flexibility index (Phi) is 5.09. The number of aryl methyl sites for hydroxylation is 1. The monoisotopic (exact) mass is 337 g/mol. The van der Waals surface area contributed by atoms with Crippen LogP contribution in [0.4, 0.5) is 0 Å². The van der Waals surface area contributed by atoms with E-state index < -0.39 is 0 Å². The quantitative estimate of drug-likeness (QED) is 0.720. The van der Waals surface area contributed by atoms with Gasteiger partial charge in [0.25, 0.3) is 11.5 Å². The fourth-order valence-electron chi connectivity index (χ4n) is 2.41. The SMILES string of the molecule is Cc1ccc(OCC(=O)NCCc2nc3ccccc3c(=O)[nH]2)cc1. The molecule has 1 heterocycles. The van der Waals surface area contributed by atoms with Crippen LogP contribution in [0, 0.1) is 6.92 Å². The van der Waals surface area contributed by atoms with Crippen LogP contribution < -0.4 is 15.6 Å². The molecule has 1 aromatic heterocycles. The van der Waals surface area contributed by atoms with Crippen LogP contribution in [-0.4, -0.2) is 29.0 Å². The molecule has 6 heteroatoms. The fraction of sp³-hybridized carbons (Fsp3) is 0.211. The van der Waals surface area contributed by atoms with E-state index >= 15 is 0 Å². The first-order valence-electron chi connectivity index (χ1n) is 8.06. The van der Waals surface area contributed by atoms with Gasteiger partial charge in [-0.05, 0) is 31.2 Å². The predicted octanol–water partition coefficient (Wildman–Crippen LogP) is 1.97. The lowest BCUT2D eigenvalue weighted by Gasteiger charge is -2.08. The van der Waals surface area contributed by atoms with E-state index in [4.69, 9.17) is 4.74 Å². The highest BCUT2D eigenvalue weighted by atomic mass is 16.5. The largest absolute Gasteiger partial charge is 0.484 e. The molecule has 0 fully saturated rings. The zero-order valence-corrected chi connectivity index (χ0v) is 13.9. The van der Waals surface area contributed by atoms with E-state index in [9.17, 15) is 9.59 Å². The van der Waals surface area contributed by atoms with Gasteiger partial charge in [0.2, 0.25) is 0 Å². The number of carbonyl (C=O) groups excluding carboxylic acids is 1. The maximum atomic E-state index is 12.0. The molecule has 3 rings (SSSR count). The number of hydrogen-bond acceptors (Lipinski definition) is 4. The lowest BCUT2D eigenvalue weighted by atomic mass is 10.2. The molecule has 0 aliphatic rings. The summed E-state index contributed by atoms with van der Waals surface area (Å²) in [7, 11) is 0. The second-order valence-electron chi connectivity index (χ2n) is 5.73. The number of nitrogens with zero attached hydrogens (tertiary/aromatic N) is 1. The van der Waals surface area contributed by atoms with Crippen molar-refractivity contribution in [3.63, 3.8) is 0 Å². The number of para-hydroxylation sites is 1. The zero-order chi connectivity index (χ0) is 17.6. The van der Waals surface area contributed by atoms with Gasteiger partial charge in [-0.3, -0.25) is 9.59 Å². The third-order valence-corrected chi connectivity index (χ3v) is 3.74. The van der Waals surface area contributed by atoms with Crippen LogP contribution >= 0.6 is 0 Å². The van der Waals surface area contributed by atoms with E-state index in [2.05, 4.69) is 15.3 Å². The molecule has 128 valence electrons. The van der Waals surface area contributed by atoms with Gasteiger partial charge in [0.05, 0.1) is 10.9 Å². The summed E-state index contributed by atoms with van der Waals surface area (Å²) in [4.78, 5) is 30.9. The molecule has 0 saturated heterocycles. The molecule has 25 heavy (non-hydrogen) atoms. The number of H-pyrrole nitrogens is 1. The third kappa shape index (κ3) is 4.44. The summed E-state index contributed by atoms with van der Waals surface area (Å²) in [5.41, 5.74) is 1.61. The van der Waals surface area contributed by atoms with Crippen LogP contribution in [0.25, 0.3) is 10.9 Å². The van der Waals surface area contributed by atoms with E-state index in [0.717, 1.165) is 5.56 Å². The second kappa shape index (κ2) is 7.61. The van der Waals surface area contributed by atoms with Gasteiger partial charge in [-0.2, -0.15) is 0 Å². The van der Waals surface area contributed by atoms with Gasteiger partial charge in [-0.15, -0.1) is 0 Å². The second-order valence-corrected chi connectivity index (χ2v) is 5.73. The van der Waals surface area contributed by atoms with Gasteiger partial charge >= 0.3 is 0 Å². The zero-order valence-electron chi connectivity index (χ0n) is 13.9.